The van der Waals surface area contributed by atoms with Gasteiger partial charge in [-0.15, -0.1) is 11.3 Å². The van der Waals surface area contributed by atoms with Crippen LogP contribution in [0.25, 0.3) is 0 Å². The van der Waals surface area contributed by atoms with Gasteiger partial charge < -0.3 is 5.32 Å². The van der Waals surface area contributed by atoms with Crippen LogP contribution < -0.4 is 5.32 Å². The van der Waals surface area contributed by atoms with Crippen molar-refractivity contribution >= 4 is 28.8 Å². The Bertz CT molecular complexity index is 777. The van der Waals surface area contributed by atoms with Gasteiger partial charge in [-0.1, -0.05) is 37.6 Å². The van der Waals surface area contributed by atoms with Crippen molar-refractivity contribution < 1.29 is 4.79 Å². The van der Waals surface area contributed by atoms with Crippen LogP contribution >= 0.6 is 22.9 Å². The molecule has 1 aromatic heterocycles. The summed E-state index contributed by atoms with van der Waals surface area (Å²) in [5.41, 5.74) is 1.95. The molecule has 1 fully saturated rings. The SMILES string of the molecule is CCC(CC)(NC(=O)C1CCN(Cc2csc(C)n2)CC1)c1ccc(Cl)cc1. The third kappa shape index (κ3) is 4.94. The predicted molar refractivity (Wildman–Crippen MR) is 117 cm³/mol. The molecule has 0 saturated carbocycles. The van der Waals surface area contributed by atoms with Crippen molar-refractivity contribution in [2.75, 3.05) is 13.1 Å². The summed E-state index contributed by atoms with van der Waals surface area (Å²) >= 11 is 7.75. The summed E-state index contributed by atoms with van der Waals surface area (Å²) < 4.78 is 0. The Kier molecular flexibility index (Phi) is 7.13. The highest BCUT2D eigenvalue weighted by atomic mass is 35.5. The maximum atomic E-state index is 13.1. The predicted octanol–water partition coefficient (Wildman–Crippen LogP) is 5.15. The fourth-order valence-electron chi connectivity index (χ4n) is 4.08. The van der Waals surface area contributed by atoms with Gasteiger partial charge in [-0.25, -0.2) is 4.98 Å². The normalized spacial score (nSPS) is 16.3. The Morgan fingerprint density at radius 3 is 2.43 bits per heavy atom. The number of hydrogen-bond donors (Lipinski definition) is 1. The van der Waals surface area contributed by atoms with E-state index in [0.29, 0.717) is 0 Å². The second kappa shape index (κ2) is 9.38. The molecule has 4 nitrogen and oxygen atoms in total. The quantitative estimate of drug-likeness (QED) is 0.675. The lowest BCUT2D eigenvalue weighted by atomic mass is 9.83. The Hall–Kier alpha value is -1.43. The van der Waals surface area contributed by atoms with Crippen LogP contribution in [0.1, 0.15) is 55.8 Å². The molecule has 6 heteroatoms. The maximum absolute atomic E-state index is 13.1. The van der Waals surface area contributed by atoms with E-state index in [0.717, 1.165) is 66.6 Å². The van der Waals surface area contributed by atoms with Gasteiger partial charge in [-0.3, -0.25) is 9.69 Å². The molecule has 1 aromatic carbocycles. The highest BCUT2D eigenvalue weighted by molar-refractivity contribution is 7.09. The number of carbonyl (C=O) groups is 1. The first-order valence-electron chi connectivity index (χ1n) is 10.2. The van der Waals surface area contributed by atoms with Crippen molar-refractivity contribution in [3.05, 3.63) is 50.9 Å². The van der Waals surface area contributed by atoms with Crippen molar-refractivity contribution in [1.82, 2.24) is 15.2 Å². The molecule has 2 aromatic rings. The molecule has 1 amide bonds. The molecular weight excluding hydrogens is 390 g/mol. The first kappa shape index (κ1) is 21.3. The number of thiazole rings is 1. The summed E-state index contributed by atoms with van der Waals surface area (Å²) in [5, 5.41) is 7.36. The van der Waals surface area contributed by atoms with Gasteiger partial charge in [0.1, 0.15) is 0 Å². The van der Waals surface area contributed by atoms with Crippen molar-refractivity contribution in [1.29, 1.82) is 0 Å². The average molecular weight is 420 g/mol. The van der Waals surface area contributed by atoms with Crippen molar-refractivity contribution in [3.63, 3.8) is 0 Å². The van der Waals surface area contributed by atoms with Crippen LogP contribution in [0.3, 0.4) is 0 Å². The van der Waals surface area contributed by atoms with E-state index in [1.54, 1.807) is 11.3 Å². The minimum absolute atomic E-state index is 0.0817. The highest BCUT2D eigenvalue weighted by Gasteiger charge is 2.34. The molecule has 152 valence electrons. The number of benzene rings is 1. The van der Waals surface area contributed by atoms with E-state index in [-0.39, 0.29) is 17.4 Å². The smallest absolute Gasteiger partial charge is 0.223 e. The van der Waals surface area contributed by atoms with Gasteiger partial charge in [0.25, 0.3) is 0 Å². The van der Waals surface area contributed by atoms with Crippen LogP contribution in [0.5, 0.6) is 0 Å². The third-order valence-electron chi connectivity index (χ3n) is 5.98. The Morgan fingerprint density at radius 1 is 1.25 bits per heavy atom. The maximum Gasteiger partial charge on any atom is 0.223 e. The average Bonchev–Trinajstić information content (AvgIpc) is 3.12. The van der Waals surface area contributed by atoms with E-state index in [1.807, 2.05) is 31.2 Å². The Labute approximate surface area is 177 Å². The Morgan fingerprint density at radius 2 is 1.89 bits per heavy atom. The summed E-state index contributed by atoms with van der Waals surface area (Å²) in [5.74, 6) is 0.265. The summed E-state index contributed by atoms with van der Waals surface area (Å²) in [6.07, 6.45) is 3.52. The Balaban J connectivity index is 1.59. The van der Waals surface area contributed by atoms with E-state index < -0.39 is 0 Å². The standard InChI is InChI=1S/C22H30ClN3OS/c1-4-22(5-2,18-6-8-19(23)9-7-18)25-21(27)17-10-12-26(13-11-17)14-20-15-28-16(3)24-20/h6-9,15,17H,4-5,10-14H2,1-3H3,(H,25,27). The molecule has 0 unspecified atom stereocenters. The van der Waals surface area contributed by atoms with Crippen LogP contribution in [0.4, 0.5) is 0 Å². The van der Waals surface area contributed by atoms with Crippen LogP contribution in [-0.4, -0.2) is 28.9 Å². The van der Waals surface area contributed by atoms with Gasteiger partial charge in [0.05, 0.1) is 16.2 Å². The molecular formula is C22H30ClN3OS. The highest BCUT2D eigenvalue weighted by Crippen LogP contribution is 2.31. The summed E-state index contributed by atoms with van der Waals surface area (Å²) in [6.45, 7) is 9.09. The number of aromatic nitrogens is 1. The molecule has 0 bridgehead atoms. The first-order valence-corrected chi connectivity index (χ1v) is 11.4. The van der Waals surface area contributed by atoms with Crippen molar-refractivity contribution in [2.45, 2.75) is 58.5 Å². The number of hydrogen-bond acceptors (Lipinski definition) is 4. The van der Waals surface area contributed by atoms with Gasteiger partial charge in [-0.05, 0) is 63.4 Å². The van der Waals surface area contributed by atoms with Crippen molar-refractivity contribution in [2.24, 2.45) is 5.92 Å². The molecule has 3 rings (SSSR count). The molecule has 0 aliphatic carbocycles. The number of aryl methyl sites for hydroxylation is 1. The molecule has 0 spiro atoms. The summed E-state index contributed by atoms with van der Waals surface area (Å²) in [4.78, 5) is 20.0. The molecule has 1 saturated heterocycles. The van der Waals surface area contributed by atoms with Gasteiger partial charge in [0, 0.05) is 22.9 Å². The minimum Gasteiger partial charge on any atom is -0.346 e. The summed E-state index contributed by atoms with van der Waals surface area (Å²) in [7, 11) is 0. The first-order chi connectivity index (χ1) is 13.5. The minimum atomic E-state index is -0.322. The molecule has 2 heterocycles. The topological polar surface area (TPSA) is 45.2 Å². The van der Waals surface area contributed by atoms with Crippen LogP contribution in [0.2, 0.25) is 5.02 Å². The molecule has 0 atom stereocenters. The van der Waals surface area contributed by atoms with Gasteiger partial charge >= 0.3 is 0 Å². The number of likely N-dealkylation sites (tertiary alicyclic amines) is 1. The zero-order valence-electron chi connectivity index (χ0n) is 17.0. The number of rotatable bonds is 7. The lowest BCUT2D eigenvalue weighted by Gasteiger charge is -2.37. The monoisotopic (exact) mass is 419 g/mol. The molecule has 0 radical (unpaired) electrons. The van der Waals surface area contributed by atoms with E-state index in [1.165, 1.54) is 0 Å². The number of nitrogens with zero attached hydrogens (tertiary/aromatic N) is 2. The van der Waals surface area contributed by atoms with E-state index in [9.17, 15) is 4.79 Å². The zero-order chi connectivity index (χ0) is 20.1. The molecule has 1 aliphatic rings. The lowest BCUT2D eigenvalue weighted by molar-refractivity contribution is -0.128. The third-order valence-corrected chi connectivity index (χ3v) is 7.05. The van der Waals surface area contributed by atoms with Crippen molar-refractivity contribution in [3.8, 4) is 0 Å². The molecule has 28 heavy (non-hydrogen) atoms. The number of nitrogens with one attached hydrogen (secondary N) is 1. The summed E-state index contributed by atoms with van der Waals surface area (Å²) in [6, 6.07) is 7.88. The zero-order valence-corrected chi connectivity index (χ0v) is 18.6. The van der Waals surface area contributed by atoms with Crippen LogP contribution in [0.15, 0.2) is 29.6 Å². The van der Waals surface area contributed by atoms with Crippen LogP contribution in [0, 0.1) is 12.8 Å². The van der Waals surface area contributed by atoms with E-state index in [4.69, 9.17) is 11.6 Å². The van der Waals surface area contributed by atoms with Gasteiger partial charge in [-0.2, -0.15) is 0 Å². The number of amides is 1. The fourth-order valence-corrected chi connectivity index (χ4v) is 4.81. The number of piperidine rings is 1. The van der Waals surface area contributed by atoms with Gasteiger partial charge in [0.15, 0.2) is 0 Å². The largest absolute Gasteiger partial charge is 0.346 e. The second-order valence-electron chi connectivity index (χ2n) is 7.69. The lowest BCUT2D eigenvalue weighted by Crippen LogP contribution is -2.49. The van der Waals surface area contributed by atoms with Crippen LogP contribution in [-0.2, 0) is 16.9 Å². The molecule has 1 aliphatic heterocycles. The van der Waals surface area contributed by atoms with Gasteiger partial charge in [0.2, 0.25) is 5.91 Å². The van der Waals surface area contributed by atoms with E-state index >= 15 is 0 Å². The molecule has 1 N–H and O–H groups in total. The number of carbonyl (C=O) groups excluding carboxylic acids is 1. The van der Waals surface area contributed by atoms with E-state index in [2.05, 4.69) is 34.4 Å². The second-order valence-corrected chi connectivity index (χ2v) is 9.19. The fraction of sp³-hybridized carbons (Fsp3) is 0.545. The number of halogens is 1.